The molecule has 0 aliphatic rings. The van der Waals surface area contributed by atoms with Gasteiger partial charge in [-0.3, -0.25) is 0 Å². The molecule has 2 nitrogen and oxygen atoms in total. The van der Waals surface area contributed by atoms with Crippen molar-refractivity contribution in [3.63, 3.8) is 0 Å². The fourth-order valence-electron chi connectivity index (χ4n) is 1.18. The molecule has 0 bridgehead atoms. The molecule has 76 valence electrons. The van der Waals surface area contributed by atoms with Crippen LogP contribution in [0.25, 0.3) is 0 Å². The first kappa shape index (κ1) is 12.2. The second-order valence-corrected chi connectivity index (χ2v) is 3.17. The molecule has 1 atom stereocenters. The van der Waals surface area contributed by atoms with Gasteiger partial charge in [-0.05, 0) is 19.3 Å². The first-order valence-corrected chi connectivity index (χ1v) is 5.07. The second kappa shape index (κ2) is 7.84. The highest BCUT2D eigenvalue weighted by Crippen LogP contribution is 2.10. The van der Waals surface area contributed by atoms with Crippen LogP contribution in [0.3, 0.4) is 0 Å². The van der Waals surface area contributed by atoms with Crippen LogP contribution in [-0.2, 0) is 9.53 Å². The zero-order valence-corrected chi connectivity index (χ0v) is 8.71. The Labute approximate surface area is 81.0 Å². The molecule has 0 amide bonds. The van der Waals surface area contributed by atoms with Crippen molar-refractivity contribution in [3.05, 3.63) is 12.7 Å². The normalized spacial score (nSPS) is 12.2. The SMILES string of the molecule is C=CC(=O)OC(CC)CCCCC. The van der Waals surface area contributed by atoms with Crippen LogP contribution in [-0.4, -0.2) is 12.1 Å². The van der Waals surface area contributed by atoms with Gasteiger partial charge in [-0.2, -0.15) is 0 Å². The van der Waals surface area contributed by atoms with E-state index in [2.05, 4.69) is 13.5 Å². The number of hydrogen-bond donors (Lipinski definition) is 0. The predicted molar refractivity (Wildman–Crippen MR) is 54.5 cm³/mol. The maximum atomic E-state index is 10.9. The Morgan fingerprint density at radius 3 is 2.62 bits per heavy atom. The van der Waals surface area contributed by atoms with Gasteiger partial charge in [0.05, 0.1) is 0 Å². The van der Waals surface area contributed by atoms with Crippen molar-refractivity contribution < 1.29 is 9.53 Å². The number of rotatable bonds is 7. The molecule has 0 aliphatic carbocycles. The lowest BCUT2D eigenvalue weighted by Gasteiger charge is -2.14. The van der Waals surface area contributed by atoms with Crippen molar-refractivity contribution in [2.75, 3.05) is 0 Å². The molecule has 13 heavy (non-hydrogen) atoms. The minimum atomic E-state index is -0.302. The van der Waals surface area contributed by atoms with Crippen molar-refractivity contribution >= 4 is 5.97 Å². The van der Waals surface area contributed by atoms with E-state index in [1.807, 2.05) is 6.92 Å². The largest absolute Gasteiger partial charge is 0.459 e. The van der Waals surface area contributed by atoms with Crippen LogP contribution in [0.2, 0.25) is 0 Å². The molecule has 0 aromatic carbocycles. The minimum Gasteiger partial charge on any atom is -0.459 e. The third-order valence-electron chi connectivity index (χ3n) is 2.03. The molecule has 0 aliphatic heterocycles. The average Bonchev–Trinajstić information content (AvgIpc) is 2.16. The summed E-state index contributed by atoms with van der Waals surface area (Å²) < 4.78 is 5.14. The fraction of sp³-hybridized carbons (Fsp3) is 0.727. The number of ether oxygens (including phenoxy) is 1. The number of hydrogen-bond acceptors (Lipinski definition) is 2. The van der Waals surface area contributed by atoms with Crippen molar-refractivity contribution in [2.45, 2.75) is 52.1 Å². The smallest absolute Gasteiger partial charge is 0.330 e. The maximum absolute atomic E-state index is 10.9. The lowest BCUT2D eigenvalue weighted by atomic mass is 10.1. The van der Waals surface area contributed by atoms with E-state index in [1.54, 1.807) is 0 Å². The highest BCUT2D eigenvalue weighted by atomic mass is 16.5. The van der Waals surface area contributed by atoms with Gasteiger partial charge >= 0.3 is 5.97 Å². The van der Waals surface area contributed by atoms with Crippen LogP contribution >= 0.6 is 0 Å². The third kappa shape index (κ3) is 6.38. The molecule has 0 rings (SSSR count). The summed E-state index contributed by atoms with van der Waals surface area (Å²) in [5.41, 5.74) is 0. The van der Waals surface area contributed by atoms with Gasteiger partial charge in [0.2, 0.25) is 0 Å². The van der Waals surface area contributed by atoms with Gasteiger partial charge in [0, 0.05) is 6.08 Å². The quantitative estimate of drug-likeness (QED) is 0.345. The Morgan fingerprint density at radius 1 is 1.46 bits per heavy atom. The number of carbonyl (C=O) groups is 1. The third-order valence-corrected chi connectivity index (χ3v) is 2.03. The molecular weight excluding hydrogens is 164 g/mol. The van der Waals surface area contributed by atoms with E-state index in [9.17, 15) is 4.79 Å². The van der Waals surface area contributed by atoms with E-state index in [1.165, 1.54) is 18.9 Å². The van der Waals surface area contributed by atoms with E-state index in [0.29, 0.717) is 0 Å². The van der Waals surface area contributed by atoms with Crippen molar-refractivity contribution in [1.29, 1.82) is 0 Å². The number of esters is 1. The maximum Gasteiger partial charge on any atom is 0.330 e. The number of unbranched alkanes of at least 4 members (excludes halogenated alkanes) is 2. The first-order valence-electron chi connectivity index (χ1n) is 5.07. The summed E-state index contributed by atoms with van der Waals surface area (Å²) in [6.07, 6.45) is 6.72. The molecule has 0 saturated carbocycles. The highest BCUT2D eigenvalue weighted by Gasteiger charge is 2.08. The topological polar surface area (TPSA) is 26.3 Å². The first-order chi connectivity index (χ1) is 6.24. The van der Waals surface area contributed by atoms with Gasteiger partial charge in [-0.25, -0.2) is 4.79 Å². The summed E-state index contributed by atoms with van der Waals surface area (Å²) in [5.74, 6) is -0.302. The monoisotopic (exact) mass is 184 g/mol. The van der Waals surface area contributed by atoms with E-state index >= 15 is 0 Å². The second-order valence-electron chi connectivity index (χ2n) is 3.17. The van der Waals surface area contributed by atoms with Gasteiger partial charge < -0.3 is 4.74 Å². The van der Waals surface area contributed by atoms with Gasteiger partial charge in [0.25, 0.3) is 0 Å². The molecule has 0 N–H and O–H groups in total. The summed E-state index contributed by atoms with van der Waals surface area (Å²) in [6.45, 7) is 7.57. The van der Waals surface area contributed by atoms with Crippen molar-refractivity contribution in [3.8, 4) is 0 Å². The summed E-state index contributed by atoms with van der Waals surface area (Å²) in [6, 6.07) is 0. The molecule has 0 aromatic heterocycles. The number of carbonyl (C=O) groups excluding carboxylic acids is 1. The minimum absolute atomic E-state index is 0.0806. The Kier molecular flexibility index (Phi) is 7.36. The van der Waals surface area contributed by atoms with E-state index < -0.39 is 0 Å². The molecule has 0 fully saturated rings. The fourth-order valence-corrected chi connectivity index (χ4v) is 1.18. The molecule has 0 spiro atoms. The standard InChI is InChI=1S/C11H20O2/c1-4-7-8-9-10(5-2)13-11(12)6-3/h6,10H,3-5,7-9H2,1-2H3. The summed E-state index contributed by atoms with van der Waals surface area (Å²) in [4.78, 5) is 10.9. The zero-order chi connectivity index (χ0) is 10.1. The van der Waals surface area contributed by atoms with Gasteiger partial charge in [0.15, 0.2) is 0 Å². The molecule has 0 aromatic rings. The Bertz CT molecular complexity index is 152. The summed E-state index contributed by atoms with van der Waals surface area (Å²) in [7, 11) is 0. The van der Waals surface area contributed by atoms with Crippen molar-refractivity contribution in [1.82, 2.24) is 0 Å². The highest BCUT2D eigenvalue weighted by molar-refractivity contribution is 5.81. The molecule has 2 heteroatoms. The summed E-state index contributed by atoms with van der Waals surface area (Å²) in [5, 5.41) is 0. The van der Waals surface area contributed by atoms with E-state index in [0.717, 1.165) is 19.3 Å². The van der Waals surface area contributed by atoms with Crippen molar-refractivity contribution in [2.24, 2.45) is 0 Å². The van der Waals surface area contributed by atoms with Crippen LogP contribution in [0.1, 0.15) is 46.0 Å². The van der Waals surface area contributed by atoms with Gasteiger partial charge in [-0.1, -0.05) is 33.3 Å². The summed E-state index contributed by atoms with van der Waals surface area (Å²) >= 11 is 0. The van der Waals surface area contributed by atoms with E-state index in [-0.39, 0.29) is 12.1 Å². The predicted octanol–water partition coefficient (Wildman–Crippen LogP) is 3.07. The zero-order valence-electron chi connectivity index (χ0n) is 8.71. The van der Waals surface area contributed by atoms with Crippen LogP contribution in [0, 0.1) is 0 Å². The average molecular weight is 184 g/mol. The Morgan fingerprint density at radius 2 is 2.15 bits per heavy atom. The van der Waals surface area contributed by atoms with Gasteiger partial charge in [-0.15, -0.1) is 0 Å². The van der Waals surface area contributed by atoms with Crippen LogP contribution in [0.5, 0.6) is 0 Å². The molecule has 1 unspecified atom stereocenters. The lowest BCUT2D eigenvalue weighted by molar-refractivity contribution is -0.143. The molecule has 0 saturated heterocycles. The van der Waals surface area contributed by atoms with Crippen LogP contribution in [0.4, 0.5) is 0 Å². The molecular formula is C11H20O2. The lowest BCUT2D eigenvalue weighted by Crippen LogP contribution is -2.15. The Hall–Kier alpha value is -0.790. The van der Waals surface area contributed by atoms with Crippen LogP contribution in [0.15, 0.2) is 12.7 Å². The molecule has 0 radical (unpaired) electrons. The Balaban J connectivity index is 3.62. The molecule has 0 heterocycles. The van der Waals surface area contributed by atoms with Gasteiger partial charge in [0.1, 0.15) is 6.10 Å². The van der Waals surface area contributed by atoms with E-state index in [4.69, 9.17) is 4.74 Å². The van der Waals surface area contributed by atoms with Crippen LogP contribution < -0.4 is 0 Å².